The second kappa shape index (κ2) is 7.23. The summed E-state index contributed by atoms with van der Waals surface area (Å²) in [5.74, 6) is -0.131. The summed E-state index contributed by atoms with van der Waals surface area (Å²) in [6.45, 7) is 3.28. The van der Waals surface area contributed by atoms with Crippen molar-refractivity contribution in [1.82, 2.24) is 19.5 Å². The van der Waals surface area contributed by atoms with Gasteiger partial charge in [0, 0.05) is 6.92 Å². The molecule has 2 aromatic heterocycles. The molecule has 27 heavy (non-hydrogen) atoms. The number of hydrogen-bond acceptors (Lipinski definition) is 8. The van der Waals surface area contributed by atoms with Crippen LogP contribution in [0.2, 0.25) is 0 Å². The van der Waals surface area contributed by atoms with E-state index in [0.717, 1.165) is 25.7 Å². The zero-order valence-corrected chi connectivity index (χ0v) is 16.8. The molecule has 4 atom stereocenters. The van der Waals surface area contributed by atoms with Gasteiger partial charge in [-0.15, -0.1) is 0 Å². The number of nitrogen functional groups attached to an aromatic ring is 1. The minimum Gasteiger partial charge on any atom is -0.460 e. The number of imidazole rings is 1. The first-order valence-corrected chi connectivity index (χ1v) is 9.99. The first-order chi connectivity index (χ1) is 12.9. The number of halogens is 1. The fraction of sp³-hybridized carbons (Fsp3) is 0.647. The highest BCUT2D eigenvalue weighted by atomic mass is 79.9. The Morgan fingerprint density at radius 2 is 2.11 bits per heavy atom. The summed E-state index contributed by atoms with van der Waals surface area (Å²) in [5, 5.41) is 0. The van der Waals surface area contributed by atoms with Crippen molar-refractivity contribution >= 4 is 38.9 Å². The van der Waals surface area contributed by atoms with Crippen molar-refractivity contribution in [1.29, 1.82) is 0 Å². The van der Waals surface area contributed by atoms with E-state index >= 15 is 0 Å². The number of rotatable bonds is 4. The lowest BCUT2D eigenvalue weighted by Gasteiger charge is -2.21. The van der Waals surface area contributed by atoms with Crippen LogP contribution in [-0.2, 0) is 14.3 Å². The molecule has 3 heterocycles. The van der Waals surface area contributed by atoms with Crippen molar-refractivity contribution in [2.45, 2.75) is 68.9 Å². The van der Waals surface area contributed by atoms with E-state index in [9.17, 15) is 4.79 Å². The van der Waals surface area contributed by atoms with Crippen molar-refractivity contribution in [2.24, 2.45) is 0 Å². The molecule has 4 rings (SSSR count). The summed E-state index contributed by atoms with van der Waals surface area (Å²) in [6.07, 6.45) is 4.70. The van der Waals surface area contributed by atoms with E-state index in [1.807, 2.05) is 6.92 Å². The average molecular weight is 440 g/mol. The normalized spacial score (nSPS) is 28.7. The number of alkyl halides is 1. The maximum Gasteiger partial charge on any atom is 0.320 e. The molecule has 1 aliphatic carbocycles. The molecule has 1 aliphatic heterocycles. The predicted octanol–water partition coefficient (Wildman–Crippen LogP) is 2.34. The number of nitrogens with two attached hydrogens (primary N) is 1. The molecule has 0 aromatic carbocycles. The third-order valence-electron chi connectivity index (χ3n) is 4.98. The van der Waals surface area contributed by atoms with Crippen molar-refractivity contribution in [3.8, 4) is 6.01 Å². The molecule has 2 N–H and O–H groups in total. The van der Waals surface area contributed by atoms with Crippen LogP contribution in [0.4, 0.5) is 5.82 Å². The van der Waals surface area contributed by atoms with E-state index in [1.165, 1.54) is 6.92 Å². The van der Waals surface area contributed by atoms with Gasteiger partial charge in [-0.2, -0.15) is 9.97 Å². The summed E-state index contributed by atoms with van der Waals surface area (Å²) in [5.41, 5.74) is 7.03. The minimum atomic E-state index is -0.577. The van der Waals surface area contributed by atoms with Crippen LogP contribution in [0.1, 0.15) is 45.8 Å². The molecule has 2 aromatic rings. The molecule has 1 saturated carbocycles. The Labute approximate surface area is 164 Å². The lowest BCUT2D eigenvalue weighted by molar-refractivity contribution is -0.151. The molecule has 0 radical (unpaired) electrons. The Balaban J connectivity index is 1.70. The smallest absolute Gasteiger partial charge is 0.320 e. The SMILES string of the molecule is CC(=O)O[C@@H]1[C@@H](Br)[C@@H](C)O[C@H]1n1cnc2c(N)nc(OC3CCCC3)nc21. The van der Waals surface area contributed by atoms with Crippen molar-refractivity contribution < 1.29 is 19.0 Å². The number of nitrogens with zero attached hydrogens (tertiary/aromatic N) is 4. The van der Waals surface area contributed by atoms with Crippen LogP contribution in [0.3, 0.4) is 0 Å². The maximum atomic E-state index is 11.5. The van der Waals surface area contributed by atoms with Crippen molar-refractivity contribution in [3.05, 3.63) is 6.33 Å². The number of esters is 1. The van der Waals surface area contributed by atoms with E-state index < -0.39 is 12.3 Å². The summed E-state index contributed by atoms with van der Waals surface area (Å²) < 4.78 is 19.1. The van der Waals surface area contributed by atoms with Gasteiger partial charge in [0.1, 0.15) is 6.10 Å². The molecule has 9 nitrogen and oxygen atoms in total. The molecule has 0 amide bonds. The number of carbonyl (C=O) groups excluding carboxylic acids is 1. The highest BCUT2D eigenvalue weighted by Gasteiger charge is 2.45. The largest absolute Gasteiger partial charge is 0.460 e. The Kier molecular flexibility index (Phi) is 4.94. The number of fused-ring (bicyclic) bond motifs is 1. The Hall–Kier alpha value is -1.94. The van der Waals surface area contributed by atoms with Crippen LogP contribution >= 0.6 is 15.9 Å². The molecule has 1 saturated heterocycles. The highest BCUT2D eigenvalue weighted by molar-refractivity contribution is 9.09. The van der Waals surface area contributed by atoms with Gasteiger partial charge in [-0.1, -0.05) is 15.9 Å². The van der Waals surface area contributed by atoms with Gasteiger partial charge >= 0.3 is 12.0 Å². The predicted molar refractivity (Wildman–Crippen MR) is 100 cm³/mol. The van der Waals surface area contributed by atoms with Gasteiger partial charge in [0.05, 0.1) is 17.3 Å². The zero-order valence-electron chi connectivity index (χ0n) is 15.2. The fourth-order valence-electron chi connectivity index (χ4n) is 3.65. The summed E-state index contributed by atoms with van der Waals surface area (Å²) >= 11 is 3.56. The number of carbonyl (C=O) groups is 1. The number of anilines is 1. The third kappa shape index (κ3) is 3.47. The minimum absolute atomic E-state index is 0.113. The second-order valence-corrected chi connectivity index (χ2v) is 8.05. The molecule has 0 unspecified atom stereocenters. The molecule has 0 bridgehead atoms. The van der Waals surface area contributed by atoms with E-state index in [1.54, 1.807) is 10.9 Å². The first kappa shape index (κ1) is 18.4. The summed E-state index contributed by atoms with van der Waals surface area (Å²) in [6, 6.07) is 0.235. The fourth-order valence-corrected chi connectivity index (χ4v) is 4.14. The lowest BCUT2D eigenvalue weighted by atomic mass is 10.2. The van der Waals surface area contributed by atoms with Crippen LogP contribution in [0, 0.1) is 0 Å². The van der Waals surface area contributed by atoms with Gasteiger partial charge in [-0.3, -0.25) is 9.36 Å². The van der Waals surface area contributed by atoms with Crippen LogP contribution in [0.15, 0.2) is 6.33 Å². The molecule has 2 aliphatic rings. The standard InChI is InChI=1S/C17H22BrN5O4/c1-8-11(18)13(26-9(2)24)16(25-8)23-7-20-12-14(19)21-17(22-15(12)23)27-10-5-3-4-6-10/h7-8,10-11,13,16H,3-6H2,1-2H3,(H2,19,21,22)/t8-,11+,13-,16-/m1/s1. The summed E-state index contributed by atoms with van der Waals surface area (Å²) in [7, 11) is 0. The van der Waals surface area contributed by atoms with E-state index in [0.29, 0.717) is 11.2 Å². The van der Waals surface area contributed by atoms with E-state index in [4.69, 9.17) is 19.9 Å². The Bertz CT molecular complexity index is 853. The second-order valence-electron chi connectivity index (χ2n) is 6.99. The number of aromatic nitrogens is 4. The van der Waals surface area contributed by atoms with E-state index in [-0.39, 0.29) is 34.8 Å². The topological polar surface area (TPSA) is 114 Å². The quantitative estimate of drug-likeness (QED) is 0.569. The Morgan fingerprint density at radius 3 is 2.81 bits per heavy atom. The molecular weight excluding hydrogens is 418 g/mol. The maximum absolute atomic E-state index is 11.5. The van der Waals surface area contributed by atoms with Gasteiger partial charge < -0.3 is 19.9 Å². The molecule has 10 heteroatoms. The highest BCUT2D eigenvalue weighted by Crippen LogP contribution is 2.38. The van der Waals surface area contributed by atoms with Gasteiger partial charge in [0.15, 0.2) is 29.3 Å². The molecule has 2 fully saturated rings. The molecule has 0 spiro atoms. The first-order valence-electron chi connectivity index (χ1n) is 9.07. The average Bonchev–Trinajstić information content (AvgIpc) is 3.31. The van der Waals surface area contributed by atoms with Crippen LogP contribution < -0.4 is 10.5 Å². The van der Waals surface area contributed by atoms with Gasteiger partial charge in [0.25, 0.3) is 0 Å². The monoisotopic (exact) mass is 439 g/mol. The lowest BCUT2D eigenvalue weighted by Crippen LogP contribution is -2.31. The summed E-state index contributed by atoms with van der Waals surface area (Å²) in [4.78, 5) is 24.5. The van der Waals surface area contributed by atoms with Gasteiger partial charge in [0.2, 0.25) is 0 Å². The third-order valence-corrected chi connectivity index (χ3v) is 6.24. The molecule has 146 valence electrons. The number of hydrogen-bond donors (Lipinski definition) is 1. The Morgan fingerprint density at radius 1 is 1.37 bits per heavy atom. The van der Waals surface area contributed by atoms with Crippen molar-refractivity contribution in [3.63, 3.8) is 0 Å². The van der Waals surface area contributed by atoms with E-state index in [2.05, 4.69) is 30.9 Å². The van der Waals surface area contributed by atoms with Gasteiger partial charge in [-0.05, 0) is 32.6 Å². The number of ether oxygens (including phenoxy) is 3. The molecular formula is C17H22BrN5O4. The van der Waals surface area contributed by atoms with Crippen LogP contribution in [-0.4, -0.2) is 48.6 Å². The van der Waals surface area contributed by atoms with Gasteiger partial charge in [-0.25, -0.2) is 4.98 Å². The van der Waals surface area contributed by atoms with Crippen LogP contribution in [0.25, 0.3) is 11.2 Å². The van der Waals surface area contributed by atoms with Crippen molar-refractivity contribution in [2.75, 3.05) is 5.73 Å². The van der Waals surface area contributed by atoms with Crippen LogP contribution in [0.5, 0.6) is 6.01 Å². The zero-order chi connectivity index (χ0) is 19.1.